The number of piperidine rings is 1. The van der Waals surface area contributed by atoms with Crippen LogP contribution in [0, 0.1) is 5.92 Å². The van der Waals surface area contributed by atoms with E-state index in [1.54, 1.807) is 25.1 Å². The maximum atomic E-state index is 11.9. The topological polar surface area (TPSA) is 49.4 Å². The van der Waals surface area contributed by atoms with Gasteiger partial charge in [0.25, 0.3) is 0 Å². The number of hydrogen-bond acceptors (Lipinski definition) is 3. The monoisotopic (exact) mass is 294 g/mol. The van der Waals surface area contributed by atoms with Crippen molar-refractivity contribution in [3.8, 4) is 0 Å². The molecule has 1 aromatic rings. The Morgan fingerprint density at radius 2 is 2.05 bits per heavy atom. The van der Waals surface area contributed by atoms with Crippen LogP contribution in [0.25, 0.3) is 0 Å². The lowest BCUT2D eigenvalue weighted by Gasteiger charge is -2.30. The Morgan fingerprint density at radius 1 is 1.35 bits per heavy atom. The molecule has 0 spiro atoms. The third kappa shape index (κ3) is 4.32. The predicted octanol–water partition coefficient (Wildman–Crippen LogP) is 2.58. The predicted molar refractivity (Wildman–Crippen MR) is 79.9 cm³/mol. The van der Waals surface area contributed by atoms with Crippen LogP contribution in [-0.4, -0.2) is 36.2 Å². The average Bonchev–Trinajstić information content (AvgIpc) is 2.39. The molecule has 1 N–H and O–H groups in total. The first-order valence-electron chi connectivity index (χ1n) is 6.83. The summed E-state index contributed by atoms with van der Waals surface area (Å²) in [5, 5.41) is 3.43. The Balaban J connectivity index is 1.80. The molecule has 0 saturated carbocycles. The molecule has 1 fully saturated rings. The highest BCUT2D eigenvalue weighted by Crippen LogP contribution is 2.18. The Morgan fingerprint density at radius 3 is 2.65 bits per heavy atom. The van der Waals surface area contributed by atoms with Crippen molar-refractivity contribution in [3.05, 3.63) is 29.3 Å². The Bertz CT molecular complexity index is 496. The number of Topliss-reactive ketones (excluding diaryl/α,β-unsaturated/α-hetero) is 1. The molecular formula is C15H19ClN2O2. The van der Waals surface area contributed by atoms with Gasteiger partial charge in [0.2, 0.25) is 5.91 Å². The fourth-order valence-electron chi connectivity index (χ4n) is 2.47. The zero-order valence-electron chi connectivity index (χ0n) is 11.6. The van der Waals surface area contributed by atoms with Gasteiger partial charge in [-0.05, 0) is 51.1 Å². The molecule has 1 aliphatic heterocycles. The number of likely N-dealkylation sites (tertiary alicyclic amines) is 1. The highest BCUT2D eigenvalue weighted by Gasteiger charge is 2.23. The number of rotatable bonds is 4. The average molecular weight is 295 g/mol. The summed E-state index contributed by atoms with van der Waals surface area (Å²) in [5.74, 6) is 0.379. The van der Waals surface area contributed by atoms with Crippen molar-refractivity contribution in [2.75, 3.05) is 25.0 Å². The van der Waals surface area contributed by atoms with Crippen LogP contribution < -0.4 is 5.32 Å². The minimum absolute atomic E-state index is 0.0476. The molecule has 0 aliphatic carbocycles. The van der Waals surface area contributed by atoms with E-state index in [0.717, 1.165) is 25.9 Å². The highest BCUT2D eigenvalue weighted by atomic mass is 35.5. The van der Waals surface area contributed by atoms with Crippen LogP contribution in [0.15, 0.2) is 24.3 Å². The number of hydrogen-bond donors (Lipinski definition) is 1. The van der Waals surface area contributed by atoms with Crippen LogP contribution in [0.2, 0.25) is 5.02 Å². The number of carbonyl (C=O) groups excluding carboxylic acids is 2. The lowest BCUT2D eigenvalue weighted by Crippen LogP contribution is -2.40. The molecule has 1 saturated heterocycles. The number of nitrogens with one attached hydrogen (secondary N) is 1. The molecular weight excluding hydrogens is 276 g/mol. The van der Waals surface area contributed by atoms with Crippen LogP contribution >= 0.6 is 11.6 Å². The summed E-state index contributed by atoms with van der Waals surface area (Å²) in [7, 11) is 0. The zero-order valence-corrected chi connectivity index (χ0v) is 12.3. The summed E-state index contributed by atoms with van der Waals surface area (Å²) in [5.41, 5.74) is 0.709. The maximum Gasteiger partial charge on any atom is 0.238 e. The van der Waals surface area contributed by atoms with Crippen LogP contribution in [0.5, 0.6) is 0 Å². The van der Waals surface area contributed by atoms with E-state index in [4.69, 9.17) is 11.6 Å². The van der Waals surface area contributed by atoms with Crippen molar-refractivity contribution in [1.82, 2.24) is 4.90 Å². The van der Waals surface area contributed by atoms with Crippen molar-refractivity contribution < 1.29 is 9.59 Å². The molecule has 108 valence electrons. The van der Waals surface area contributed by atoms with Gasteiger partial charge in [-0.3, -0.25) is 14.5 Å². The van der Waals surface area contributed by atoms with Gasteiger partial charge in [-0.1, -0.05) is 17.7 Å². The summed E-state index contributed by atoms with van der Waals surface area (Å²) in [4.78, 5) is 25.3. The third-order valence-electron chi connectivity index (χ3n) is 3.64. The minimum atomic E-state index is -0.0476. The lowest BCUT2D eigenvalue weighted by molar-refractivity contribution is -0.122. The van der Waals surface area contributed by atoms with E-state index in [-0.39, 0.29) is 17.6 Å². The van der Waals surface area contributed by atoms with E-state index in [1.165, 1.54) is 0 Å². The molecule has 1 amide bonds. The van der Waals surface area contributed by atoms with Crippen molar-refractivity contribution in [1.29, 1.82) is 0 Å². The molecule has 1 heterocycles. The largest absolute Gasteiger partial charge is 0.325 e. The number of amides is 1. The number of carbonyl (C=O) groups is 2. The van der Waals surface area contributed by atoms with Gasteiger partial charge < -0.3 is 5.32 Å². The lowest BCUT2D eigenvalue weighted by atomic mass is 9.93. The highest BCUT2D eigenvalue weighted by molar-refractivity contribution is 6.30. The van der Waals surface area contributed by atoms with Crippen LogP contribution in [0.4, 0.5) is 5.69 Å². The first kappa shape index (κ1) is 15.0. The van der Waals surface area contributed by atoms with E-state index in [9.17, 15) is 9.59 Å². The second kappa shape index (κ2) is 6.86. The number of benzene rings is 1. The number of nitrogens with zero attached hydrogens (tertiary/aromatic N) is 1. The minimum Gasteiger partial charge on any atom is -0.325 e. The molecule has 0 radical (unpaired) electrons. The molecule has 1 aliphatic rings. The molecule has 0 unspecified atom stereocenters. The molecule has 0 bridgehead atoms. The van der Waals surface area contributed by atoms with Crippen LogP contribution in [-0.2, 0) is 9.59 Å². The Hall–Kier alpha value is -1.39. The molecule has 4 nitrogen and oxygen atoms in total. The summed E-state index contributed by atoms with van der Waals surface area (Å²) in [6.07, 6.45) is 1.69. The van der Waals surface area contributed by atoms with Gasteiger partial charge in [-0.25, -0.2) is 0 Å². The number of anilines is 1. The fraction of sp³-hybridized carbons (Fsp3) is 0.467. The first-order valence-corrected chi connectivity index (χ1v) is 7.20. The quantitative estimate of drug-likeness (QED) is 0.928. The zero-order chi connectivity index (χ0) is 14.5. The SMILES string of the molecule is CC(=O)C1CCN(CC(=O)Nc2cccc(Cl)c2)CC1. The molecule has 1 aromatic carbocycles. The molecule has 2 rings (SSSR count). The number of halogens is 1. The summed E-state index contributed by atoms with van der Waals surface area (Å²) in [6, 6.07) is 7.10. The van der Waals surface area contributed by atoms with E-state index in [0.29, 0.717) is 17.3 Å². The summed E-state index contributed by atoms with van der Waals surface area (Å²) < 4.78 is 0. The fourth-order valence-corrected chi connectivity index (χ4v) is 2.66. The van der Waals surface area contributed by atoms with Crippen molar-refractivity contribution in [2.24, 2.45) is 5.92 Å². The van der Waals surface area contributed by atoms with Crippen molar-refractivity contribution in [3.63, 3.8) is 0 Å². The maximum absolute atomic E-state index is 11.9. The van der Waals surface area contributed by atoms with Gasteiger partial charge in [0.1, 0.15) is 5.78 Å². The van der Waals surface area contributed by atoms with Gasteiger partial charge in [0.15, 0.2) is 0 Å². The van der Waals surface area contributed by atoms with Gasteiger partial charge in [0.05, 0.1) is 6.54 Å². The standard InChI is InChI=1S/C15H19ClN2O2/c1-11(19)12-5-7-18(8-6-12)10-15(20)17-14-4-2-3-13(16)9-14/h2-4,9,12H,5-8,10H2,1H3,(H,17,20). The van der Waals surface area contributed by atoms with Gasteiger partial charge in [0, 0.05) is 16.6 Å². The van der Waals surface area contributed by atoms with Crippen LogP contribution in [0.3, 0.4) is 0 Å². The molecule has 0 aromatic heterocycles. The van der Waals surface area contributed by atoms with E-state index in [2.05, 4.69) is 10.2 Å². The van der Waals surface area contributed by atoms with E-state index in [1.807, 2.05) is 6.07 Å². The smallest absolute Gasteiger partial charge is 0.238 e. The normalized spacial score (nSPS) is 16.9. The van der Waals surface area contributed by atoms with Gasteiger partial charge in [-0.15, -0.1) is 0 Å². The van der Waals surface area contributed by atoms with E-state index < -0.39 is 0 Å². The van der Waals surface area contributed by atoms with Crippen molar-refractivity contribution in [2.45, 2.75) is 19.8 Å². The van der Waals surface area contributed by atoms with Crippen molar-refractivity contribution >= 4 is 29.0 Å². The Kier molecular flexibility index (Phi) is 5.15. The number of ketones is 1. The second-order valence-corrected chi connectivity index (χ2v) is 5.66. The third-order valence-corrected chi connectivity index (χ3v) is 3.87. The van der Waals surface area contributed by atoms with E-state index >= 15 is 0 Å². The Labute approximate surface area is 124 Å². The van der Waals surface area contributed by atoms with Gasteiger partial charge in [-0.2, -0.15) is 0 Å². The molecule has 0 atom stereocenters. The molecule has 20 heavy (non-hydrogen) atoms. The van der Waals surface area contributed by atoms with Gasteiger partial charge >= 0.3 is 0 Å². The second-order valence-electron chi connectivity index (χ2n) is 5.22. The summed E-state index contributed by atoms with van der Waals surface area (Å²) >= 11 is 5.87. The first-order chi connectivity index (χ1) is 9.54. The summed E-state index contributed by atoms with van der Waals surface area (Å²) in [6.45, 7) is 3.60. The van der Waals surface area contributed by atoms with Crippen LogP contribution in [0.1, 0.15) is 19.8 Å². The molecule has 5 heteroatoms.